The Hall–Kier alpha value is -2.94. The van der Waals surface area contributed by atoms with Gasteiger partial charge in [0.2, 0.25) is 0 Å². The minimum absolute atomic E-state index is 0.0211. The van der Waals surface area contributed by atoms with Crippen molar-refractivity contribution in [2.45, 2.75) is 83.8 Å². The van der Waals surface area contributed by atoms with Crippen LogP contribution in [0.15, 0.2) is 46.8 Å². The zero-order chi connectivity index (χ0) is 28.4. The Morgan fingerprint density at radius 2 is 1.52 bits per heavy atom. The van der Waals surface area contributed by atoms with Crippen LogP contribution in [0.2, 0.25) is 0 Å². The molecule has 4 aliphatic carbocycles. The molecule has 218 valence electrons. The number of halogens is 2. The molecule has 1 atom stereocenters. The van der Waals surface area contributed by atoms with Gasteiger partial charge in [-0.15, -0.1) is 0 Å². The zero-order valence-electron chi connectivity index (χ0n) is 23.5. The summed E-state index contributed by atoms with van der Waals surface area (Å²) in [5, 5.41) is 3.16. The highest BCUT2D eigenvalue weighted by molar-refractivity contribution is 6.00. The Bertz CT molecular complexity index is 1160. The third-order valence-corrected chi connectivity index (χ3v) is 8.75. The molecule has 6 rings (SSSR count). The number of alkyl halides is 2. The monoisotopic (exact) mass is 559 g/mol. The molecule has 0 amide bonds. The summed E-state index contributed by atoms with van der Waals surface area (Å²) in [5.74, 6) is -0.614. The van der Waals surface area contributed by atoms with E-state index in [-0.39, 0.29) is 35.7 Å². The van der Waals surface area contributed by atoms with E-state index in [0.717, 1.165) is 25.7 Å². The van der Waals surface area contributed by atoms with E-state index in [9.17, 15) is 18.4 Å². The van der Waals surface area contributed by atoms with Crippen molar-refractivity contribution in [2.24, 2.45) is 17.8 Å². The van der Waals surface area contributed by atoms with E-state index in [0.29, 0.717) is 35.8 Å². The van der Waals surface area contributed by atoms with Crippen molar-refractivity contribution >= 4 is 11.9 Å². The van der Waals surface area contributed by atoms with Gasteiger partial charge in [-0.2, -0.15) is 8.78 Å². The summed E-state index contributed by atoms with van der Waals surface area (Å²) in [6, 6.07) is 6.26. The summed E-state index contributed by atoms with van der Waals surface area (Å²) in [7, 11) is 0. The lowest BCUT2D eigenvalue weighted by atomic mass is 9.54. The molecule has 4 bridgehead atoms. The summed E-state index contributed by atoms with van der Waals surface area (Å²) in [5.41, 5.74) is 1.10. The van der Waals surface area contributed by atoms with E-state index >= 15 is 0 Å². The third kappa shape index (κ3) is 5.90. The van der Waals surface area contributed by atoms with Crippen LogP contribution in [0, 0.1) is 17.8 Å². The normalized spacial score (nSPS) is 29.1. The predicted octanol–water partition coefficient (Wildman–Crippen LogP) is 6.00. The number of ether oxygens (including phenoxy) is 4. The molecule has 9 heteroatoms. The van der Waals surface area contributed by atoms with Gasteiger partial charge in [-0.25, -0.2) is 9.59 Å². The van der Waals surface area contributed by atoms with Crippen LogP contribution in [0.3, 0.4) is 0 Å². The molecule has 1 N–H and O–H groups in total. The molecule has 1 heterocycles. The summed E-state index contributed by atoms with van der Waals surface area (Å²) < 4.78 is 49.1. The van der Waals surface area contributed by atoms with E-state index in [2.05, 4.69) is 5.32 Å². The molecule has 1 aromatic carbocycles. The SMILES string of the molecule is CCCOCCOC(=O)C1=C(C)NC(C)=C(C(=O)OC23CC4CC(CC(C4)C2)C3)C1c1ccccc1OC(F)F. The van der Waals surface area contributed by atoms with Crippen LogP contribution in [0.1, 0.15) is 77.2 Å². The quantitative estimate of drug-likeness (QED) is 0.263. The van der Waals surface area contributed by atoms with Crippen LogP contribution in [0.4, 0.5) is 8.78 Å². The molecule has 5 aliphatic rings. The largest absolute Gasteiger partial charge is 0.460 e. The lowest BCUT2D eigenvalue weighted by molar-refractivity contribution is -0.182. The molecular formula is C31H39F2NO6. The Morgan fingerprint density at radius 1 is 0.925 bits per heavy atom. The van der Waals surface area contributed by atoms with Gasteiger partial charge in [0, 0.05) is 23.6 Å². The van der Waals surface area contributed by atoms with Gasteiger partial charge in [0.25, 0.3) is 0 Å². The first-order valence-corrected chi connectivity index (χ1v) is 14.4. The Labute approximate surface area is 234 Å². The average molecular weight is 560 g/mol. The van der Waals surface area contributed by atoms with Gasteiger partial charge >= 0.3 is 18.6 Å². The number of benzene rings is 1. The Kier molecular flexibility index (Phi) is 8.50. The van der Waals surface area contributed by atoms with E-state index in [1.54, 1.807) is 32.0 Å². The number of para-hydroxylation sites is 1. The van der Waals surface area contributed by atoms with Gasteiger partial charge < -0.3 is 24.3 Å². The number of hydrogen-bond acceptors (Lipinski definition) is 7. The first-order valence-electron chi connectivity index (χ1n) is 14.4. The maximum absolute atomic E-state index is 14.1. The number of hydrogen-bond donors (Lipinski definition) is 1. The van der Waals surface area contributed by atoms with E-state index in [1.807, 2.05) is 6.92 Å². The number of carbonyl (C=O) groups excluding carboxylic acids is 2. The fourth-order valence-corrected chi connectivity index (χ4v) is 7.69. The second-order valence-corrected chi connectivity index (χ2v) is 11.8. The summed E-state index contributed by atoms with van der Waals surface area (Å²) >= 11 is 0. The first kappa shape index (κ1) is 28.6. The van der Waals surface area contributed by atoms with E-state index < -0.39 is 30.1 Å². The van der Waals surface area contributed by atoms with Crippen molar-refractivity contribution in [3.05, 3.63) is 52.4 Å². The molecular weight excluding hydrogens is 520 g/mol. The van der Waals surface area contributed by atoms with Gasteiger partial charge in [-0.3, -0.25) is 0 Å². The molecule has 7 nitrogen and oxygen atoms in total. The number of carbonyl (C=O) groups is 2. The number of nitrogens with one attached hydrogen (secondary N) is 1. The van der Waals surface area contributed by atoms with Crippen LogP contribution in [-0.2, 0) is 23.8 Å². The van der Waals surface area contributed by atoms with E-state index in [1.165, 1.54) is 25.3 Å². The number of allylic oxidation sites excluding steroid dienone is 2. The maximum atomic E-state index is 14.1. The third-order valence-electron chi connectivity index (χ3n) is 8.75. The maximum Gasteiger partial charge on any atom is 0.387 e. The van der Waals surface area contributed by atoms with Gasteiger partial charge in [0.1, 0.15) is 18.0 Å². The Morgan fingerprint density at radius 3 is 2.12 bits per heavy atom. The van der Waals surface area contributed by atoms with Crippen LogP contribution < -0.4 is 10.1 Å². The minimum Gasteiger partial charge on any atom is -0.460 e. The van der Waals surface area contributed by atoms with Crippen molar-refractivity contribution in [2.75, 3.05) is 19.8 Å². The standard InChI is InChI=1S/C31H39F2NO6/c1-4-9-37-10-11-38-28(35)25-18(2)34-19(3)26(27(25)23-7-5-6-8-24(23)39-30(32)33)29(36)40-31-15-20-12-21(16-31)14-22(13-20)17-31/h5-8,20-22,27,30,34H,4,9-17H2,1-3H3. The van der Waals surface area contributed by atoms with Crippen molar-refractivity contribution in [1.82, 2.24) is 5.32 Å². The van der Waals surface area contributed by atoms with Gasteiger partial charge in [-0.1, -0.05) is 25.1 Å². The molecule has 1 aromatic rings. The first-order chi connectivity index (χ1) is 19.2. The van der Waals surface area contributed by atoms with Gasteiger partial charge in [0.15, 0.2) is 0 Å². The molecule has 0 radical (unpaired) electrons. The predicted molar refractivity (Wildman–Crippen MR) is 143 cm³/mol. The van der Waals surface area contributed by atoms with Crippen LogP contribution in [-0.4, -0.2) is 44.0 Å². The molecule has 0 aromatic heterocycles. The molecule has 1 aliphatic heterocycles. The topological polar surface area (TPSA) is 83.1 Å². The minimum atomic E-state index is -3.08. The highest BCUT2D eigenvalue weighted by Crippen LogP contribution is 2.57. The van der Waals surface area contributed by atoms with Crippen LogP contribution in [0.5, 0.6) is 5.75 Å². The highest BCUT2D eigenvalue weighted by atomic mass is 19.3. The average Bonchev–Trinajstić information content (AvgIpc) is 2.87. The zero-order valence-corrected chi connectivity index (χ0v) is 23.5. The summed E-state index contributed by atoms with van der Waals surface area (Å²) in [6.45, 7) is 3.15. The highest BCUT2D eigenvalue weighted by Gasteiger charge is 2.54. The second kappa shape index (κ2) is 11.9. The summed E-state index contributed by atoms with van der Waals surface area (Å²) in [6.07, 6.45) is 6.97. The van der Waals surface area contributed by atoms with Crippen molar-refractivity contribution in [1.29, 1.82) is 0 Å². The smallest absolute Gasteiger partial charge is 0.387 e. The second-order valence-electron chi connectivity index (χ2n) is 11.8. The lowest BCUT2D eigenvalue weighted by Crippen LogP contribution is -2.53. The molecule has 0 saturated heterocycles. The van der Waals surface area contributed by atoms with Gasteiger partial charge in [0.05, 0.1) is 23.7 Å². The number of esters is 2. The molecule has 0 spiro atoms. The van der Waals surface area contributed by atoms with E-state index in [4.69, 9.17) is 18.9 Å². The van der Waals surface area contributed by atoms with Crippen LogP contribution >= 0.6 is 0 Å². The Balaban J connectivity index is 1.48. The van der Waals surface area contributed by atoms with Crippen molar-refractivity contribution in [3.8, 4) is 5.75 Å². The number of dihydropyridines is 1. The number of rotatable bonds is 11. The fourth-order valence-electron chi connectivity index (χ4n) is 7.69. The summed E-state index contributed by atoms with van der Waals surface area (Å²) in [4.78, 5) is 27.6. The molecule has 1 unspecified atom stereocenters. The van der Waals surface area contributed by atoms with Gasteiger partial charge in [-0.05, 0) is 82.6 Å². The van der Waals surface area contributed by atoms with Crippen LogP contribution in [0.25, 0.3) is 0 Å². The lowest BCUT2D eigenvalue weighted by Gasteiger charge is -2.55. The fraction of sp³-hybridized carbons (Fsp3) is 0.613. The van der Waals surface area contributed by atoms with Crippen molar-refractivity contribution < 1.29 is 37.3 Å². The molecule has 40 heavy (non-hydrogen) atoms. The van der Waals surface area contributed by atoms with Crippen molar-refractivity contribution in [3.63, 3.8) is 0 Å². The molecule has 4 fully saturated rings. The molecule has 4 saturated carbocycles.